The van der Waals surface area contributed by atoms with E-state index in [9.17, 15) is 19.1 Å². The summed E-state index contributed by atoms with van der Waals surface area (Å²) in [6.07, 6.45) is 0.492. The fourth-order valence-corrected chi connectivity index (χ4v) is 4.81. The summed E-state index contributed by atoms with van der Waals surface area (Å²) in [6.45, 7) is 7.90. The number of carbonyl (C=O) groups is 2. The van der Waals surface area contributed by atoms with Crippen molar-refractivity contribution in [2.75, 3.05) is 50.7 Å². The van der Waals surface area contributed by atoms with Crippen LogP contribution in [0.15, 0.2) is 54.6 Å². The Bertz CT molecular complexity index is 1020. The summed E-state index contributed by atoms with van der Waals surface area (Å²) in [7, 11) is 0. The molecule has 2 aliphatic heterocycles. The van der Waals surface area contributed by atoms with Crippen LogP contribution in [-0.4, -0.2) is 83.7 Å². The highest BCUT2D eigenvalue weighted by Gasteiger charge is 2.44. The first-order valence-corrected chi connectivity index (χ1v) is 11.8. The molecule has 34 heavy (non-hydrogen) atoms. The summed E-state index contributed by atoms with van der Waals surface area (Å²) in [5.41, 5.74) is -0.794. The third-order valence-electron chi connectivity index (χ3n) is 6.68. The second-order valence-corrected chi connectivity index (χ2v) is 9.89. The molecule has 2 aromatic carbocycles. The molecule has 0 saturated carbocycles. The lowest BCUT2D eigenvalue weighted by atomic mass is 10.0. The monoisotopic (exact) mass is 468 g/mol. The molecule has 0 unspecified atom stereocenters. The highest BCUT2D eigenvalue weighted by atomic mass is 19.1. The number of benzene rings is 2. The molecule has 2 N–H and O–H groups in total. The second-order valence-electron chi connectivity index (χ2n) is 9.89. The van der Waals surface area contributed by atoms with E-state index in [1.54, 1.807) is 18.7 Å². The summed E-state index contributed by atoms with van der Waals surface area (Å²) in [5, 5.41) is 13.9. The average Bonchev–Trinajstić information content (AvgIpc) is 3.20. The molecule has 0 spiro atoms. The quantitative estimate of drug-likeness (QED) is 0.679. The molecule has 2 saturated heterocycles. The number of carbonyl (C=O) groups excluding carboxylic acids is 2. The van der Waals surface area contributed by atoms with Gasteiger partial charge in [-0.2, -0.15) is 0 Å². The minimum Gasteiger partial charge on any atom is -0.387 e. The highest BCUT2D eigenvalue weighted by molar-refractivity contribution is 5.99. The number of hydrogen-bond donors (Lipinski definition) is 2. The van der Waals surface area contributed by atoms with Crippen LogP contribution in [0.1, 0.15) is 30.6 Å². The van der Waals surface area contributed by atoms with E-state index in [0.29, 0.717) is 19.5 Å². The number of β-amino-alcohol motifs (C(OH)–C–C–N with tert-alkyl or cyclic N) is 1. The molecule has 2 heterocycles. The van der Waals surface area contributed by atoms with Crippen molar-refractivity contribution in [3.05, 3.63) is 66.0 Å². The molecule has 7 nitrogen and oxygen atoms in total. The minimum atomic E-state index is -1.18. The van der Waals surface area contributed by atoms with E-state index >= 15 is 0 Å². The number of piperazine rings is 1. The van der Waals surface area contributed by atoms with Crippen LogP contribution < -0.4 is 10.2 Å². The summed E-state index contributed by atoms with van der Waals surface area (Å²) in [4.78, 5) is 31.9. The van der Waals surface area contributed by atoms with Crippen molar-refractivity contribution < 1.29 is 19.1 Å². The number of hydrogen-bond acceptors (Lipinski definition) is 5. The first-order chi connectivity index (χ1) is 16.2. The van der Waals surface area contributed by atoms with Gasteiger partial charge in [-0.1, -0.05) is 24.3 Å². The molecule has 2 fully saturated rings. The summed E-state index contributed by atoms with van der Waals surface area (Å²) >= 11 is 0. The van der Waals surface area contributed by atoms with E-state index in [4.69, 9.17) is 0 Å². The number of halogens is 1. The van der Waals surface area contributed by atoms with Crippen molar-refractivity contribution in [1.82, 2.24) is 15.1 Å². The Morgan fingerprint density at radius 1 is 1.03 bits per heavy atom. The van der Waals surface area contributed by atoms with E-state index in [1.165, 1.54) is 23.9 Å². The predicted molar refractivity (Wildman–Crippen MR) is 129 cm³/mol. The maximum absolute atomic E-state index is 13.5. The Kier molecular flexibility index (Phi) is 6.91. The Morgan fingerprint density at radius 2 is 1.74 bits per heavy atom. The van der Waals surface area contributed by atoms with Crippen LogP contribution in [0.4, 0.5) is 10.1 Å². The Morgan fingerprint density at radius 3 is 2.41 bits per heavy atom. The lowest BCUT2D eigenvalue weighted by molar-refractivity contribution is -0.136. The van der Waals surface area contributed by atoms with Gasteiger partial charge in [-0.05, 0) is 50.6 Å². The number of anilines is 1. The van der Waals surface area contributed by atoms with Crippen molar-refractivity contribution >= 4 is 17.5 Å². The van der Waals surface area contributed by atoms with Gasteiger partial charge in [-0.15, -0.1) is 0 Å². The normalized spacial score (nSPS) is 21.5. The van der Waals surface area contributed by atoms with Crippen molar-refractivity contribution in [3.63, 3.8) is 0 Å². The summed E-state index contributed by atoms with van der Waals surface area (Å²) in [5.74, 6) is -1.28. The first kappa shape index (κ1) is 24.2. The zero-order valence-corrected chi connectivity index (χ0v) is 19.8. The van der Waals surface area contributed by atoms with E-state index in [-0.39, 0.29) is 18.0 Å². The molecule has 4 rings (SSSR count). The molecule has 2 aromatic rings. The maximum Gasteiger partial charge on any atom is 0.252 e. The van der Waals surface area contributed by atoms with Crippen LogP contribution in [0.25, 0.3) is 0 Å². The number of likely N-dealkylation sites (tertiary alicyclic amines) is 1. The van der Waals surface area contributed by atoms with Gasteiger partial charge in [-0.3, -0.25) is 14.5 Å². The standard InChI is InChI=1S/C26H33FN4O3/c1-25(2,28-23(32)20-7-6-8-21(27)17-20)24(33)31-12-11-26(34,19-31)18-29-13-15-30(16-14-29)22-9-4-3-5-10-22/h3-10,17,34H,11-16,18-19H2,1-2H3,(H,28,32)/t26-/m1/s1. The van der Waals surface area contributed by atoms with Gasteiger partial charge in [0.2, 0.25) is 5.91 Å². The van der Waals surface area contributed by atoms with E-state index in [0.717, 1.165) is 32.2 Å². The molecular formula is C26H33FN4O3. The van der Waals surface area contributed by atoms with Crippen LogP contribution in [-0.2, 0) is 4.79 Å². The lowest BCUT2D eigenvalue weighted by Crippen LogP contribution is -2.57. The SMILES string of the molecule is CC(C)(NC(=O)c1cccc(F)c1)C(=O)N1CC[C@@](O)(CN2CCN(c3ccccc3)CC2)C1. The van der Waals surface area contributed by atoms with E-state index < -0.39 is 22.9 Å². The van der Waals surface area contributed by atoms with Crippen LogP contribution in [0.5, 0.6) is 0 Å². The number of rotatable bonds is 6. The molecule has 182 valence electrons. The number of amides is 2. The topological polar surface area (TPSA) is 76.1 Å². The molecule has 0 aliphatic carbocycles. The maximum atomic E-state index is 13.5. The first-order valence-electron chi connectivity index (χ1n) is 11.8. The van der Waals surface area contributed by atoms with Gasteiger partial charge < -0.3 is 20.2 Å². The molecule has 0 bridgehead atoms. The predicted octanol–water partition coefficient (Wildman–Crippen LogP) is 2.12. The Balaban J connectivity index is 1.30. The van der Waals surface area contributed by atoms with Gasteiger partial charge in [0, 0.05) is 50.5 Å². The zero-order valence-electron chi connectivity index (χ0n) is 19.8. The number of aliphatic hydroxyl groups is 1. The van der Waals surface area contributed by atoms with Gasteiger partial charge in [0.25, 0.3) is 5.91 Å². The van der Waals surface area contributed by atoms with Gasteiger partial charge >= 0.3 is 0 Å². The largest absolute Gasteiger partial charge is 0.387 e. The van der Waals surface area contributed by atoms with Crippen molar-refractivity contribution in [2.45, 2.75) is 31.4 Å². The van der Waals surface area contributed by atoms with Crippen molar-refractivity contribution in [1.29, 1.82) is 0 Å². The van der Waals surface area contributed by atoms with Crippen LogP contribution in [0, 0.1) is 5.82 Å². The van der Waals surface area contributed by atoms with E-state index in [1.807, 2.05) is 18.2 Å². The van der Waals surface area contributed by atoms with Crippen molar-refractivity contribution in [3.8, 4) is 0 Å². The number of para-hydroxylation sites is 1. The lowest BCUT2D eigenvalue weighted by Gasteiger charge is -2.39. The average molecular weight is 469 g/mol. The smallest absolute Gasteiger partial charge is 0.252 e. The fourth-order valence-electron chi connectivity index (χ4n) is 4.81. The Hall–Kier alpha value is -2.97. The van der Waals surface area contributed by atoms with Gasteiger partial charge in [0.15, 0.2) is 0 Å². The fraction of sp³-hybridized carbons (Fsp3) is 0.462. The van der Waals surface area contributed by atoms with E-state index in [2.05, 4.69) is 27.2 Å². The number of nitrogens with zero attached hydrogens (tertiary/aromatic N) is 3. The molecule has 8 heteroatoms. The molecular weight excluding hydrogens is 435 g/mol. The van der Waals surface area contributed by atoms with Gasteiger partial charge in [-0.25, -0.2) is 4.39 Å². The molecule has 0 radical (unpaired) electrons. The Labute approximate surface area is 200 Å². The molecule has 0 aromatic heterocycles. The third-order valence-corrected chi connectivity index (χ3v) is 6.68. The number of nitrogens with one attached hydrogen (secondary N) is 1. The molecule has 1 atom stereocenters. The summed E-state index contributed by atoms with van der Waals surface area (Å²) in [6, 6.07) is 15.7. The van der Waals surface area contributed by atoms with Crippen LogP contribution in [0.2, 0.25) is 0 Å². The zero-order chi connectivity index (χ0) is 24.3. The molecule has 2 amide bonds. The second kappa shape index (κ2) is 9.72. The third kappa shape index (κ3) is 5.56. The molecule has 2 aliphatic rings. The van der Waals surface area contributed by atoms with Gasteiger partial charge in [0.1, 0.15) is 11.4 Å². The minimum absolute atomic E-state index is 0.161. The van der Waals surface area contributed by atoms with Crippen LogP contribution in [0.3, 0.4) is 0 Å². The van der Waals surface area contributed by atoms with Crippen LogP contribution >= 0.6 is 0 Å². The van der Waals surface area contributed by atoms with Crippen molar-refractivity contribution in [2.24, 2.45) is 0 Å². The summed E-state index contributed by atoms with van der Waals surface area (Å²) < 4.78 is 13.5. The van der Waals surface area contributed by atoms with Gasteiger partial charge in [0.05, 0.1) is 12.1 Å². The highest BCUT2D eigenvalue weighted by Crippen LogP contribution is 2.26.